The molecule has 1 fully saturated rings. The van der Waals surface area contributed by atoms with E-state index in [0.29, 0.717) is 12.0 Å². The highest BCUT2D eigenvalue weighted by Crippen LogP contribution is 2.19. The van der Waals surface area contributed by atoms with Crippen LogP contribution in [0, 0.1) is 5.92 Å². The maximum absolute atomic E-state index is 5.93. The molecular formula is C12H20N2S. The molecule has 1 aliphatic rings. The summed E-state index contributed by atoms with van der Waals surface area (Å²) in [6.07, 6.45) is 2.47. The number of nitrogens with two attached hydrogens (primary N) is 1. The van der Waals surface area contributed by atoms with Crippen LogP contribution in [0.25, 0.3) is 0 Å². The van der Waals surface area contributed by atoms with Gasteiger partial charge in [0, 0.05) is 19.1 Å². The standard InChI is InChI=1S/C12H20N2S/c1-10(13)12-3-6-14(8-12)5-2-11-4-7-15-9-11/h4,7,9-10,12H,2-3,5-6,8,13H2,1H3. The number of rotatable bonds is 4. The summed E-state index contributed by atoms with van der Waals surface area (Å²) < 4.78 is 0. The Morgan fingerprint density at radius 1 is 1.67 bits per heavy atom. The molecule has 1 aromatic rings. The van der Waals surface area contributed by atoms with Gasteiger partial charge in [-0.3, -0.25) is 0 Å². The lowest BCUT2D eigenvalue weighted by molar-refractivity contribution is 0.319. The van der Waals surface area contributed by atoms with Crippen LogP contribution in [-0.4, -0.2) is 30.6 Å². The zero-order valence-electron chi connectivity index (χ0n) is 9.36. The molecule has 84 valence electrons. The molecule has 0 bridgehead atoms. The minimum Gasteiger partial charge on any atom is -0.328 e. The van der Waals surface area contributed by atoms with Gasteiger partial charge in [0.1, 0.15) is 0 Å². The van der Waals surface area contributed by atoms with Crippen LogP contribution < -0.4 is 5.73 Å². The van der Waals surface area contributed by atoms with E-state index < -0.39 is 0 Å². The molecule has 2 rings (SSSR count). The van der Waals surface area contributed by atoms with E-state index >= 15 is 0 Å². The largest absolute Gasteiger partial charge is 0.328 e. The first kappa shape index (κ1) is 11.1. The molecular weight excluding hydrogens is 204 g/mol. The van der Waals surface area contributed by atoms with Crippen molar-refractivity contribution >= 4 is 11.3 Å². The Bertz CT molecular complexity index is 282. The molecule has 2 unspecified atom stereocenters. The van der Waals surface area contributed by atoms with Crippen molar-refractivity contribution < 1.29 is 0 Å². The van der Waals surface area contributed by atoms with Crippen molar-refractivity contribution in [2.45, 2.75) is 25.8 Å². The van der Waals surface area contributed by atoms with E-state index in [4.69, 9.17) is 5.73 Å². The van der Waals surface area contributed by atoms with E-state index in [1.54, 1.807) is 11.3 Å². The van der Waals surface area contributed by atoms with Crippen molar-refractivity contribution in [1.29, 1.82) is 0 Å². The van der Waals surface area contributed by atoms with Gasteiger partial charge in [0.05, 0.1) is 0 Å². The molecule has 2 N–H and O–H groups in total. The van der Waals surface area contributed by atoms with Gasteiger partial charge in [0.2, 0.25) is 0 Å². The van der Waals surface area contributed by atoms with Gasteiger partial charge in [-0.15, -0.1) is 0 Å². The number of nitrogens with zero attached hydrogens (tertiary/aromatic N) is 1. The van der Waals surface area contributed by atoms with Crippen molar-refractivity contribution in [3.05, 3.63) is 22.4 Å². The third-order valence-corrected chi connectivity index (χ3v) is 4.08. The summed E-state index contributed by atoms with van der Waals surface area (Å²) in [7, 11) is 0. The van der Waals surface area contributed by atoms with Gasteiger partial charge in [-0.25, -0.2) is 0 Å². The average molecular weight is 224 g/mol. The van der Waals surface area contributed by atoms with Crippen LogP contribution in [0.5, 0.6) is 0 Å². The van der Waals surface area contributed by atoms with Crippen LogP contribution in [-0.2, 0) is 6.42 Å². The molecule has 0 amide bonds. The maximum Gasteiger partial charge on any atom is 0.00514 e. The van der Waals surface area contributed by atoms with Crippen LogP contribution >= 0.6 is 11.3 Å². The van der Waals surface area contributed by atoms with Gasteiger partial charge in [0.25, 0.3) is 0 Å². The van der Waals surface area contributed by atoms with E-state index in [2.05, 4.69) is 28.7 Å². The molecule has 0 spiro atoms. The van der Waals surface area contributed by atoms with Gasteiger partial charge in [-0.05, 0) is 54.6 Å². The second kappa shape index (κ2) is 5.10. The summed E-state index contributed by atoms with van der Waals surface area (Å²) in [4.78, 5) is 2.55. The Hall–Kier alpha value is -0.380. The molecule has 1 saturated heterocycles. The van der Waals surface area contributed by atoms with Crippen molar-refractivity contribution in [3.8, 4) is 0 Å². The predicted octanol–water partition coefficient (Wildman–Crippen LogP) is 1.96. The van der Waals surface area contributed by atoms with Crippen molar-refractivity contribution in [2.75, 3.05) is 19.6 Å². The molecule has 1 aliphatic heterocycles. The van der Waals surface area contributed by atoms with Gasteiger partial charge < -0.3 is 10.6 Å². The molecule has 3 heteroatoms. The molecule has 1 aromatic heterocycles. The fourth-order valence-electron chi connectivity index (χ4n) is 2.22. The van der Waals surface area contributed by atoms with E-state index in [0.717, 1.165) is 0 Å². The second-order valence-corrected chi connectivity index (χ2v) is 5.37. The Balaban J connectivity index is 1.73. The zero-order chi connectivity index (χ0) is 10.7. The highest BCUT2D eigenvalue weighted by atomic mass is 32.1. The van der Waals surface area contributed by atoms with Gasteiger partial charge >= 0.3 is 0 Å². The van der Waals surface area contributed by atoms with E-state index in [1.165, 1.54) is 38.0 Å². The smallest absolute Gasteiger partial charge is 0.00514 e. The molecule has 15 heavy (non-hydrogen) atoms. The van der Waals surface area contributed by atoms with Crippen LogP contribution in [0.4, 0.5) is 0 Å². The summed E-state index contributed by atoms with van der Waals surface area (Å²) in [5, 5.41) is 4.41. The van der Waals surface area contributed by atoms with Crippen LogP contribution in [0.15, 0.2) is 16.8 Å². The molecule has 2 atom stereocenters. The Labute approximate surface area is 96.1 Å². The lowest BCUT2D eigenvalue weighted by atomic mass is 10.0. The van der Waals surface area contributed by atoms with Gasteiger partial charge in [0.15, 0.2) is 0 Å². The summed E-state index contributed by atoms with van der Waals surface area (Å²) in [5.41, 5.74) is 7.40. The first-order valence-electron chi connectivity index (χ1n) is 5.74. The first-order valence-corrected chi connectivity index (χ1v) is 6.69. The minimum atomic E-state index is 0.358. The monoisotopic (exact) mass is 224 g/mol. The van der Waals surface area contributed by atoms with Crippen molar-refractivity contribution in [2.24, 2.45) is 11.7 Å². The van der Waals surface area contributed by atoms with Gasteiger partial charge in [-0.1, -0.05) is 0 Å². The van der Waals surface area contributed by atoms with E-state index in [1.807, 2.05) is 0 Å². The van der Waals surface area contributed by atoms with E-state index in [-0.39, 0.29) is 0 Å². The molecule has 0 radical (unpaired) electrons. The molecule has 2 nitrogen and oxygen atoms in total. The number of hydrogen-bond acceptors (Lipinski definition) is 3. The van der Waals surface area contributed by atoms with Crippen LogP contribution in [0.3, 0.4) is 0 Å². The number of likely N-dealkylation sites (tertiary alicyclic amines) is 1. The SMILES string of the molecule is CC(N)C1CCN(CCc2ccsc2)C1. The number of thiophene rings is 1. The second-order valence-electron chi connectivity index (χ2n) is 4.59. The lowest BCUT2D eigenvalue weighted by Gasteiger charge is -2.17. The average Bonchev–Trinajstić information content (AvgIpc) is 2.86. The Kier molecular flexibility index (Phi) is 3.78. The third-order valence-electron chi connectivity index (χ3n) is 3.35. The fourth-order valence-corrected chi connectivity index (χ4v) is 2.92. The van der Waals surface area contributed by atoms with Crippen LogP contribution in [0.1, 0.15) is 18.9 Å². The summed E-state index contributed by atoms with van der Waals surface area (Å²) >= 11 is 1.79. The van der Waals surface area contributed by atoms with Gasteiger partial charge in [-0.2, -0.15) is 11.3 Å². The topological polar surface area (TPSA) is 29.3 Å². The molecule has 0 saturated carbocycles. The number of hydrogen-bond donors (Lipinski definition) is 1. The molecule has 0 aromatic carbocycles. The molecule has 2 heterocycles. The maximum atomic E-state index is 5.93. The normalized spacial score (nSPS) is 24.5. The van der Waals surface area contributed by atoms with E-state index in [9.17, 15) is 0 Å². The highest BCUT2D eigenvalue weighted by Gasteiger charge is 2.24. The Morgan fingerprint density at radius 2 is 2.53 bits per heavy atom. The van der Waals surface area contributed by atoms with Crippen molar-refractivity contribution in [3.63, 3.8) is 0 Å². The Morgan fingerprint density at radius 3 is 3.13 bits per heavy atom. The first-order chi connectivity index (χ1) is 7.25. The van der Waals surface area contributed by atoms with Crippen LogP contribution in [0.2, 0.25) is 0 Å². The zero-order valence-corrected chi connectivity index (χ0v) is 10.2. The third kappa shape index (κ3) is 3.03. The summed E-state index contributed by atoms with van der Waals surface area (Å²) in [6.45, 7) is 5.76. The fraction of sp³-hybridized carbons (Fsp3) is 0.667. The van der Waals surface area contributed by atoms with Crippen molar-refractivity contribution in [1.82, 2.24) is 4.90 Å². The summed E-state index contributed by atoms with van der Waals surface area (Å²) in [5.74, 6) is 0.715. The predicted molar refractivity (Wildman–Crippen MR) is 66.2 cm³/mol. The molecule has 0 aliphatic carbocycles. The quantitative estimate of drug-likeness (QED) is 0.847. The minimum absolute atomic E-state index is 0.358. The summed E-state index contributed by atoms with van der Waals surface area (Å²) in [6, 6.07) is 2.58. The lowest BCUT2D eigenvalue weighted by Crippen LogP contribution is -2.30. The highest BCUT2D eigenvalue weighted by molar-refractivity contribution is 7.07.